The van der Waals surface area contributed by atoms with Crippen molar-refractivity contribution in [3.05, 3.63) is 0 Å². The summed E-state index contributed by atoms with van der Waals surface area (Å²) in [4.78, 5) is 11.6. The molecule has 15 heavy (non-hydrogen) atoms. The Balaban J connectivity index is 2.26. The predicted molar refractivity (Wildman–Crippen MR) is 57.7 cm³/mol. The third-order valence-electron chi connectivity index (χ3n) is 2.34. The van der Waals surface area contributed by atoms with E-state index in [0.717, 1.165) is 0 Å². The zero-order valence-electron chi connectivity index (χ0n) is 9.62. The van der Waals surface area contributed by atoms with Crippen LogP contribution in [0.1, 0.15) is 33.1 Å². The van der Waals surface area contributed by atoms with Crippen LogP contribution >= 0.6 is 0 Å². The quantitative estimate of drug-likeness (QED) is 0.486. The van der Waals surface area contributed by atoms with Crippen LogP contribution in [0.2, 0.25) is 0 Å². The Hall–Kier alpha value is -0.610. The lowest BCUT2D eigenvalue weighted by Gasteiger charge is -2.16. The van der Waals surface area contributed by atoms with E-state index in [1.807, 2.05) is 13.8 Å². The number of ether oxygens (including phenoxy) is 2. The minimum atomic E-state index is -0.191. The molecule has 0 aromatic carbocycles. The number of nitrogens with one attached hydrogen (secondary N) is 1. The highest BCUT2D eigenvalue weighted by Crippen LogP contribution is 2.20. The van der Waals surface area contributed by atoms with E-state index >= 15 is 0 Å². The zero-order valence-corrected chi connectivity index (χ0v) is 9.62. The molecule has 1 aliphatic rings. The Bertz CT molecular complexity index is 192. The van der Waals surface area contributed by atoms with Crippen molar-refractivity contribution in [2.75, 3.05) is 19.8 Å². The Morgan fingerprint density at radius 1 is 1.40 bits per heavy atom. The smallest absolute Gasteiger partial charge is 0.323 e. The minimum Gasteiger partial charge on any atom is -0.465 e. The largest absolute Gasteiger partial charge is 0.465 e. The summed E-state index contributed by atoms with van der Waals surface area (Å²) in [5.41, 5.74) is 0. The van der Waals surface area contributed by atoms with Gasteiger partial charge in [-0.3, -0.25) is 4.79 Å². The molecule has 0 aromatic heterocycles. The number of carbonyl (C=O) groups is 1. The molecule has 1 unspecified atom stereocenters. The van der Waals surface area contributed by atoms with Crippen molar-refractivity contribution >= 4 is 5.97 Å². The van der Waals surface area contributed by atoms with Gasteiger partial charge in [-0.05, 0) is 33.1 Å². The van der Waals surface area contributed by atoms with Crippen LogP contribution in [-0.4, -0.2) is 37.9 Å². The molecule has 1 N–H and O–H groups in total. The van der Waals surface area contributed by atoms with Crippen LogP contribution in [0.25, 0.3) is 0 Å². The minimum absolute atomic E-state index is 0.149. The SMILES string of the molecule is CCOCCC(NC1CC1)C(=O)OCC. The summed E-state index contributed by atoms with van der Waals surface area (Å²) in [7, 11) is 0. The van der Waals surface area contributed by atoms with Crippen LogP contribution in [-0.2, 0) is 14.3 Å². The van der Waals surface area contributed by atoms with Gasteiger partial charge in [-0.2, -0.15) is 0 Å². The van der Waals surface area contributed by atoms with E-state index < -0.39 is 0 Å². The lowest BCUT2D eigenvalue weighted by molar-refractivity contribution is -0.146. The van der Waals surface area contributed by atoms with Crippen LogP contribution in [0.4, 0.5) is 0 Å². The highest BCUT2D eigenvalue weighted by molar-refractivity contribution is 5.75. The van der Waals surface area contributed by atoms with Crippen LogP contribution in [0.5, 0.6) is 0 Å². The fraction of sp³-hybridized carbons (Fsp3) is 0.909. The third-order valence-corrected chi connectivity index (χ3v) is 2.34. The molecule has 1 atom stereocenters. The van der Waals surface area contributed by atoms with E-state index in [2.05, 4.69) is 5.32 Å². The van der Waals surface area contributed by atoms with Crippen molar-refractivity contribution in [2.45, 2.75) is 45.2 Å². The molecule has 0 amide bonds. The van der Waals surface area contributed by atoms with Gasteiger partial charge in [0.15, 0.2) is 0 Å². The van der Waals surface area contributed by atoms with E-state index in [1.54, 1.807) is 0 Å². The van der Waals surface area contributed by atoms with E-state index in [9.17, 15) is 4.79 Å². The molecule has 1 aliphatic carbocycles. The molecule has 4 heteroatoms. The van der Waals surface area contributed by atoms with Crippen LogP contribution in [0.3, 0.4) is 0 Å². The molecule has 1 rings (SSSR count). The van der Waals surface area contributed by atoms with Crippen molar-refractivity contribution in [3.8, 4) is 0 Å². The van der Waals surface area contributed by atoms with E-state index in [-0.39, 0.29) is 12.0 Å². The monoisotopic (exact) mass is 215 g/mol. The zero-order chi connectivity index (χ0) is 11.1. The average molecular weight is 215 g/mol. The molecule has 0 radical (unpaired) electrons. The fourth-order valence-electron chi connectivity index (χ4n) is 1.39. The van der Waals surface area contributed by atoms with Gasteiger partial charge >= 0.3 is 5.97 Å². The van der Waals surface area contributed by atoms with Gasteiger partial charge in [0, 0.05) is 19.3 Å². The molecule has 1 saturated carbocycles. The third kappa shape index (κ3) is 5.14. The Labute approximate surface area is 91.3 Å². The summed E-state index contributed by atoms with van der Waals surface area (Å²) >= 11 is 0. The standard InChI is InChI=1S/C11H21NO3/c1-3-14-8-7-10(11(13)15-4-2)12-9-5-6-9/h9-10,12H,3-8H2,1-2H3. The van der Waals surface area contributed by atoms with E-state index in [4.69, 9.17) is 9.47 Å². The van der Waals surface area contributed by atoms with Crippen molar-refractivity contribution in [1.29, 1.82) is 0 Å². The van der Waals surface area contributed by atoms with Gasteiger partial charge in [-0.25, -0.2) is 0 Å². The lowest BCUT2D eigenvalue weighted by Crippen LogP contribution is -2.40. The van der Waals surface area contributed by atoms with Crippen LogP contribution in [0, 0.1) is 0 Å². The molecular weight excluding hydrogens is 194 g/mol. The maximum Gasteiger partial charge on any atom is 0.323 e. The first-order valence-corrected chi connectivity index (χ1v) is 5.78. The summed E-state index contributed by atoms with van der Waals surface area (Å²) in [5.74, 6) is -0.149. The normalized spacial score (nSPS) is 17.5. The van der Waals surface area contributed by atoms with E-state index in [1.165, 1.54) is 12.8 Å². The number of hydrogen-bond acceptors (Lipinski definition) is 4. The average Bonchev–Trinajstić information content (AvgIpc) is 3.01. The van der Waals surface area contributed by atoms with Gasteiger partial charge in [0.1, 0.15) is 6.04 Å². The van der Waals surface area contributed by atoms with Crippen LogP contribution in [0.15, 0.2) is 0 Å². The molecule has 0 bridgehead atoms. The van der Waals surface area contributed by atoms with Gasteiger partial charge in [0.05, 0.1) is 6.61 Å². The highest BCUT2D eigenvalue weighted by Gasteiger charge is 2.28. The summed E-state index contributed by atoms with van der Waals surface area (Å²) in [6, 6.07) is 0.324. The van der Waals surface area contributed by atoms with Crippen molar-refractivity contribution in [3.63, 3.8) is 0 Å². The van der Waals surface area contributed by atoms with Crippen LogP contribution < -0.4 is 5.32 Å². The second-order valence-electron chi connectivity index (χ2n) is 3.73. The Morgan fingerprint density at radius 3 is 2.67 bits per heavy atom. The molecular formula is C11H21NO3. The molecule has 0 heterocycles. The molecule has 0 aromatic rings. The first-order chi connectivity index (χ1) is 7.27. The van der Waals surface area contributed by atoms with Crippen molar-refractivity contribution in [1.82, 2.24) is 5.32 Å². The molecule has 4 nitrogen and oxygen atoms in total. The maximum atomic E-state index is 11.6. The Kier molecular flexibility index (Phi) is 5.65. The predicted octanol–water partition coefficient (Wildman–Crippen LogP) is 1.10. The number of hydrogen-bond donors (Lipinski definition) is 1. The summed E-state index contributed by atoms with van der Waals surface area (Å²) in [5, 5.41) is 3.28. The number of esters is 1. The van der Waals surface area contributed by atoms with E-state index in [0.29, 0.717) is 32.3 Å². The summed E-state index contributed by atoms with van der Waals surface area (Å²) in [6.45, 7) is 5.53. The van der Waals surface area contributed by atoms with Gasteiger partial charge in [0.25, 0.3) is 0 Å². The summed E-state index contributed by atoms with van der Waals surface area (Å²) in [6.07, 6.45) is 3.04. The maximum absolute atomic E-state index is 11.6. The number of rotatable bonds is 8. The van der Waals surface area contributed by atoms with Crippen molar-refractivity contribution < 1.29 is 14.3 Å². The summed E-state index contributed by atoms with van der Waals surface area (Å²) < 4.78 is 10.3. The van der Waals surface area contributed by atoms with Gasteiger partial charge in [-0.15, -0.1) is 0 Å². The second-order valence-corrected chi connectivity index (χ2v) is 3.73. The molecule has 88 valence electrons. The Morgan fingerprint density at radius 2 is 2.13 bits per heavy atom. The first kappa shape index (κ1) is 12.5. The number of carbonyl (C=O) groups excluding carboxylic acids is 1. The fourth-order valence-corrected chi connectivity index (χ4v) is 1.39. The second kappa shape index (κ2) is 6.80. The molecule has 0 aliphatic heterocycles. The topological polar surface area (TPSA) is 47.6 Å². The lowest BCUT2D eigenvalue weighted by atomic mass is 10.2. The molecule has 1 fully saturated rings. The van der Waals surface area contributed by atoms with Crippen molar-refractivity contribution in [2.24, 2.45) is 0 Å². The van der Waals surface area contributed by atoms with Gasteiger partial charge < -0.3 is 14.8 Å². The molecule has 0 saturated heterocycles. The molecule has 0 spiro atoms. The highest BCUT2D eigenvalue weighted by atomic mass is 16.5. The first-order valence-electron chi connectivity index (χ1n) is 5.78. The van der Waals surface area contributed by atoms with Gasteiger partial charge in [-0.1, -0.05) is 0 Å². The van der Waals surface area contributed by atoms with Gasteiger partial charge in [0.2, 0.25) is 0 Å².